The van der Waals surface area contributed by atoms with E-state index in [0.29, 0.717) is 17.5 Å². The van der Waals surface area contributed by atoms with Gasteiger partial charge in [0.1, 0.15) is 12.4 Å². The van der Waals surface area contributed by atoms with Crippen molar-refractivity contribution in [1.82, 2.24) is 14.9 Å². The van der Waals surface area contributed by atoms with Gasteiger partial charge in [0.25, 0.3) is 0 Å². The van der Waals surface area contributed by atoms with Gasteiger partial charge in [-0.25, -0.2) is 0 Å². The fraction of sp³-hybridized carbons (Fsp3) is 0.0870. The molecule has 0 saturated carbocycles. The van der Waals surface area contributed by atoms with Crippen molar-refractivity contribution in [3.8, 4) is 17.1 Å². The fourth-order valence-electron chi connectivity index (χ4n) is 3.16. The number of halogens is 1. The Hall–Kier alpha value is -3.09. The molecule has 30 heavy (non-hydrogen) atoms. The van der Waals surface area contributed by atoms with Gasteiger partial charge in [0.15, 0.2) is 5.82 Å². The molecule has 5 nitrogen and oxygen atoms in total. The first-order valence-electron chi connectivity index (χ1n) is 9.46. The third-order valence-corrected chi connectivity index (χ3v) is 6.04. The van der Waals surface area contributed by atoms with E-state index in [2.05, 4.69) is 22.3 Å². The third kappa shape index (κ3) is 3.84. The summed E-state index contributed by atoms with van der Waals surface area (Å²) in [5.41, 5.74) is 4.00. The highest BCUT2D eigenvalue weighted by Gasteiger charge is 2.20. The number of rotatable bonds is 5. The first-order valence-corrected chi connectivity index (χ1v) is 10.8. The maximum absolute atomic E-state index is 6.19. The Balaban J connectivity index is 1.37. The lowest BCUT2D eigenvalue weighted by atomic mass is 10.1. The summed E-state index contributed by atoms with van der Waals surface area (Å²) in [5, 5.41) is 14.9. The second-order valence-corrected chi connectivity index (χ2v) is 8.07. The number of hydrogen-bond donors (Lipinski definition) is 0. The number of ether oxygens (including phenoxy) is 1. The average Bonchev–Trinajstić information content (AvgIpc) is 3.23. The Labute approximate surface area is 183 Å². The van der Waals surface area contributed by atoms with E-state index in [9.17, 15) is 0 Å². The highest BCUT2D eigenvalue weighted by molar-refractivity contribution is 7.99. The molecule has 0 radical (unpaired) electrons. The van der Waals surface area contributed by atoms with Crippen molar-refractivity contribution in [3.63, 3.8) is 0 Å². The van der Waals surface area contributed by atoms with Crippen LogP contribution < -0.4 is 4.74 Å². The van der Waals surface area contributed by atoms with E-state index in [-0.39, 0.29) is 0 Å². The lowest BCUT2D eigenvalue weighted by molar-refractivity contribution is 0.306. The minimum absolute atomic E-state index is 0.417. The van der Waals surface area contributed by atoms with E-state index in [0.717, 1.165) is 39.1 Å². The van der Waals surface area contributed by atoms with Gasteiger partial charge in [0, 0.05) is 21.9 Å². The van der Waals surface area contributed by atoms with Crippen molar-refractivity contribution in [1.29, 1.82) is 0 Å². The Bertz CT molecular complexity index is 1210. The molecule has 1 aromatic heterocycles. The lowest BCUT2D eigenvalue weighted by Crippen LogP contribution is -2.13. The molecule has 3 aromatic carbocycles. The molecule has 0 N–H and O–H groups in total. The second kappa shape index (κ2) is 8.34. The summed E-state index contributed by atoms with van der Waals surface area (Å²) in [4.78, 5) is 0. The predicted octanol–water partition coefficient (Wildman–Crippen LogP) is 5.54. The van der Waals surface area contributed by atoms with E-state index in [1.807, 2.05) is 71.4 Å². The van der Waals surface area contributed by atoms with Crippen molar-refractivity contribution < 1.29 is 4.74 Å². The highest BCUT2D eigenvalue weighted by Crippen LogP contribution is 2.29. The lowest BCUT2D eigenvalue weighted by Gasteiger charge is -2.14. The van der Waals surface area contributed by atoms with Gasteiger partial charge in [-0.1, -0.05) is 71.9 Å². The number of benzene rings is 3. The molecule has 2 heterocycles. The van der Waals surface area contributed by atoms with Gasteiger partial charge >= 0.3 is 0 Å². The van der Waals surface area contributed by atoms with Crippen LogP contribution in [-0.4, -0.2) is 26.3 Å². The summed E-state index contributed by atoms with van der Waals surface area (Å²) in [6, 6.07) is 25.6. The van der Waals surface area contributed by atoms with Gasteiger partial charge in [-0.2, -0.15) is 9.78 Å². The summed E-state index contributed by atoms with van der Waals surface area (Å²) in [6.07, 6.45) is 0. The van der Waals surface area contributed by atoms with Crippen LogP contribution in [0.4, 0.5) is 0 Å². The normalized spacial score (nSPS) is 12.9. The number of aromatic nitrogens is 3. The molecule has 1 aliphatic rings. The standard InChI is InChI=1S/C23H17ClN4OS/c24-20-9-5-4-8-18(20)14-29-19-12-10-17(11-13-19)22-25-26-23-28(22)27-21(15-30-23)16-6-2-1-3-7-16/h1-13H,14-15H2. The fourth-order valence-corrected chi connectivity index (χ4v) is 4.19. The van der Waals surface area contributed by atoms with Crippen molar-refractivity contribution in [3.05, 3.63) is 95.0 Å². The molecule has 0 amide bonds. The first-order chi connectivity index (χ1) is 14.8. The van der Waals surface area contributed by atoms with E-state index in [1.54, 1.807) is 11.8 Å². The van der Waals surface area contributed by atoms with Crippen LogP contribution in [0.15, 0.2) is 89.1 Å². The molecule has 148 valence electrons. The Kier molecular flexibility index (Phi) is 5.26. The zero-order chi connectivity index (χ0) is 20.3. The van der Waals surface area contributed by atoms with Gasteiger partial charge in [-0.15, -0.1) is 10.2 Å². The van der Waals surface area contributed by atoms with E-state index in [1.165, 1.54) is 0 Å². The van der Waals surface area contributed by atoms with Crippen LogP contribution >= 0.6 is 23.4 Å². The van der Waals surface area contributed by atoms with Crippen molar-refractivity contribution in [2.24, 2.45) is 5.10 Å². The summed E-state index contributed by atoms with van der Waals surface area (Å²) in [6.45, 7) is 0.417. The highest BCUT2D eigenvalue weighted by atomic mass is 35.5. The second-order valence-electron chi connectivity index (χ2n) is 6.72. The van der Waals surface area contributed by atoms with Crippen LogP contribution in [0.2, 0.25) is 5.02 Å². The monoisotopic (exact) mass is 432 g/mol. The minimum atomic E-state index is 0.417. The topological polar surface area (TPSA) is 52.3 Å². The Morgan fingerprint density at radius 2 is 1.63 bits per heavy atom. The van der Waals surface area contributed by atoms with E-state index < -0.39 is 0 Å². The summed E-state index contributed by atoms with van der Waals surface area (Å²) in [5.74, 6) is 2.25. The van der Waals surface area contributed by atoms with Crippen molar-refractivity contribution in [2.45, 2.75) is 11.8 Å². The maximum Gasteiger partial charge on any atom is 0.212 e. The Morgan fingerprint density at radius 1 is 0.867 bits per heavy atom. The molecule has 0 unspecified atom stereocenters. The summed E-state index contributed by atoms with van der Waals surface area (Å²) < 4.78 is 7.69. The van der Waals surface area contributed by atoms with Crippen LogP contribution in [0, 0.1) is 0 Å². The third-order valence-electron chi connectivity index (χ3n) is 4.74. The van der Waals surface area contributed by atoms with Crippen molar-refractivity contribution >= 4 is 29.1 Å². The van der Waals surface area contributed by atoms with Crippen molar-refractivity contribution in [2.75, 3.05) is 5.75 Å². The molecule has 0 bridgehead atoms. The SMILES string of the molecule is Clc1ccccc1COc1ccc(-c2nnc3n2N=C(c2ccccc2)CS3)cc1. The molecule has 1 aliphatic heterocycles. The smallest absolute Gasteiger partial charge is 0.212 e. The summed E-state index contributed by atoms with van der Waals surface area (Å²) in [7, 11) is 0. The maximum atomic E-state index is 6.19. The van der Waals surface area contributed by atoms with E-state index >= 15 is 0 Å². The zero-order valence-electron chi connectivity index (χ0n) is 15.9. The van der Waals surface area contributed by atoms with Crippen LogP contribution in [-0.2, 0) is 6.61 Å². The van der Waals surface area contributed by atoms with Crippen LogP contribution in [0.25, 0.3) is 11.4 Å². The first kappa shape index (κ1) is 18.9. The van der Waals surface area contributed by atoms with Gasteiger partial charge in [0.2, 0.25) is 5.16 Å². The zero-order valence-corrected chi connectivity index (χ0v) is 17.5. The molecule has 0 atom stereocenters. The minimum Gasteiger partial charge on any atom is -0.489 e. The van der Waals surface area contributed by atoms with Gasteiger partial charge in [-0.3, -0.25) is 0 Å². The predicted molar refractivity (Wildman–Crippen MR) is 120 cm³/mol. The van der Waals surface area contributed by atoms with E-state index in [4.69, 9.17) is 21.4 Å². The number of nitrogens with zero attached hydrogens (tertiary/aromatic N) is 4. The molecule has 4 aromatic rings. The van der Waals surface area contributed by atoms with Crippen LogP contribution in [0.1, 0.15) is 11.1 Å². The molecular weight excluding hydrogens is 416 g/mol. The molecule has 5 rings (SSSR count). The Morgan fingerprint density at radius 3 is 2.43 bits per heavy atom. The molecule has 0 saturated heterocycles. The number of hydrogen-bond acceptors (Lipinski definition) is 5. The van der Waals surface area contributed by atoms with Crippen LogP contribution in [0.3, 0.4) is 0 Å². The van der Waals surface area contributed by atoms with Gasteiger partial charge < -0.3 is 4.74 Å². The molecular formula is C23H17ClN4OS. The quantitative estimate of drug-likeness (QED) is 0.415. The average molecular weight is 433 g/mol. The number of fused-ring (bicyclic) bond motifs is 1. The number of thioether (sulfide) groups is 1. The largest absolute Gasteiger partial charge is 0.489 e. The molecule has 0 aliphatic carbocycles. The molecule has 0 fully saturated rings. The van der Waals surface area contributed by atoms with Gasteiger partial charge in [-0.05, 0) is 35.9 Å². The van der Waals surface area contributed by atoms with Gasteiger partial charge in [0.05, 0.1) is 5.71 Å². The summed E-state index contributed by atoms with van der Waals surface area (Å²) >= 11 is 7.83. The molecule has 7 heteroatoms. The van der Waals surface area contributed by atoms with Crippen LogP contribution in [0.5, 0.6) is 5.75 Å². The molecule has 0 spiro atoms.